The van der Waals surface area contributed by atoms with Crippen LogP contribution in [0.5, 0.6) is 0 Å². The van der Waals surface area contributed by atoms with E-state index in [9.17, 15) is 8.42 Å². The topological polar surface area (TPSA) is 55.4 Å². The van der Waals surface area contributed by atoms with Gasteiger partial charge >= 0.3 is 0 Å². The number of nitrogens with one attached hydrogen (secondary N) is 1. The number of benzene rings is 1. The zero-order chi connectivity index (χ0) is 12.3. The van der Waals surface area contributed by atoms with Crippen LogP contribution < -0.4 is 5.32 Å². The van der Waals surface area contributed by atoms with Crippen molar-refractivity contribution in [1.82, 2.24) is 5.32 Å². The van der Waals surface area contributed by atoms with Gasteiger partial charge in [-0.25, -0.2) is 0 Å². The minimum atomic E-state index is -3.47. The lowest BCUT2D eigenvalue weighted by Crippen LogP contribution is -2.30. The van der Waals surface area contributed by atoms with Gasteiger partial charge in [0.25, 0.3) is 10.1 Å². The lowest BCUT2D eigenvalue weighted by atomic mass is 9.98. The van der Waals surface area contributed by atoms with Crippen molar-refractivity contribution in [2.45, 2.75) is 18.1 Å². The highest BCUT2D eigenvalue weighted by atomic mass is 32.2. The summed E-state index contributed by atoms with van der Waals surface area (Å²) in [5.74, 6) is -0.0206. The van der Waals surface area contributed by atoms with Gasteiger partial charge < -0.3 is 5.32 Å². The van der Waals surface area contributed by atoms with Crippen LogP contribution in [0.15, 0.2) is 30.3 Å². The molecule has 2 rings (SSSR count). The lowest BCUT2D eigenvalue weighted by molar-refractivity contribution is 0.330. The Labute approximate surface area is 102 Å². The van der Waals surface area contributed by atoms with Crippen LogP contribution in [-0.4, -0.2) is 33.4 Å². The quantitative estimate of drug-likeness (QED) is 0.819. The molecule has 0 amide bonds. The highest BCUT2D eigenvalue weighted by Crippen LogP contribution is 2.28. The molecule has 2 unspecified atom stereocenters. The molecule has 0 spiro atoms. The summed E-state index contributed by atoms with van der Waals surface area (Å²) in [6.07, 6.45) is 0. The smallest absolute Gasteiger partial charge is 0.272 e. The zero-order valence-electron chi connectivity index (χ0n) is 9.80. The van der Waals surface area contributed by atoms with Gasteiger partial charge in [-0.15, -0.1) is 0 Å². The summed E-state index contributed by atoms with van der Waals surface area (Å²) in [4.78, 5) is 0. The molecule has 0 radical (unpaired) electrons. The molecule has 1 saturated heterocycles. The fraction of sp³-hybridized carbons (Fsp3) is 0.500. The second-order valence-corrected chi connectivity index (χ2v) is 5.94. The maximum absolute atomic E-state index is 12.0. The van der Waals surface area contributed by atoms with Crippen LogP contribution in [0.25, 0.3) is 0 Å². The van der Waals surface area contributed by atoms with Gasteiger partial charge in [-0.1, -0.05) is 30.3 Å². The molecule has 0 saturated carbocycles. The Morgan fingerprint density at radius 3 is 2.65 bits per heavy atom. The first-order valence-corrected chi connectivity index (χ1v) is 7.26. The van der Waals surface area contributed by atoms with Gasteiger partial charge in [0.2, 0.25) is 0 Å². The van der Waals surface area contributed by atoms with E-state index in [-0.39, 0.29) is 12.5 Å². The number of hydrogen-bond donors (Lipinski definition) is 1. The molecule has 4 nitrogen and oxygen atoms in total. The van der Waals surface area contributed by atoms with Gasteiger partial charge in [0, 0.05) is 19.0 Å². The van der Waals surface area contributed by atoms with Crippen LogP contribution in [-0.2, 0) is 14.3 Å². The Balaban J connectivity index is 2.24. The van der Waals surface area contributed by atoms with E-state index >= 15 is 0 Å². The Bertz CT molecular complexity index is 458. The zero-order valence-corrected chi connectivity index (χ0v) is 10.6. The first-order valence-electron chi connectivity index (χ1n) is 5.79. The molecule has 1 aromatic carbocycles. The largest absolute Gasteiger partial charge is 0.315 e. The molecule has 1 aliphatic heterocycles. The summed E-state index contributed by atoms with van der Waals surface area (Å²) >= 11 is 0. The van der Waals surface area contributed by atoms with Crippen molar-refractivity contribution >= 4 is 10.1 Å². The second-order valence-electron chi connectivity index (χ2n) is 4.11. The fourth-order valence-corrected chi connectivity index (χ4v) is 3.72. The summed E-state index contributed by atoms with van der Waals surface area (Å²) < 4.78 is 28.8. The van der Waals surface area contributed by atoms with Gasteiger partial charge in [0.05, 0.1) is 6.61 Å². The van der Waals surface area contributed by atoms with Crippen molar-refractivity contribution in [2.24, 2.45) is 0 Å². The Morgan fingerprint density at radius 1 is 1.29 bits per heavy atom. The molecule has 1 aliphatic rings. The minimum absolute atomic E-state index is 0.0206. The van der Waals surface area contributed by atoms with Crippen molar-refractivity contribution in [3.63, 3.8) is 0 Å². The predicted molar refractivity (Wildman–Crippen MR) is 66.4 cm³/mol. The summed E-state index contributed by atoms with van der Waals surface area (Å²) in [6.45, 7) is 3.03. The monoisotopic (exact) mass is 255 g/mol. The summed E-state index contributed by atoms with van der Waals surface area (Å²) in [7, 11) is -3.47. The van der Waals surface area contributed by atoms with Crippen molar-refractivity contribution in [3.8, 4) is 0 Å². The van der Waals surface area contributed by atoms with Gasteiger partial charge in [0.15, 0.2) is 0 Å². The molecular formula is C12H17NO3S. The molecule has 1 fully saturated rings. The van der Waals surface area contributed by atoms with Crippen LogP contribution in [0.1, 0.15) is 18.4 Å². The van der Waals surface area contributed by atoms with Crippen molar-refractivity contribution in [1.29, 1.82) is 0 Å². The molecule has 0 aromatic heterocycles. The Kier molecular flexibility index (Phi) is 3.81. The van der Waals surface area contributed by atoms with E-state index in [4.69, 9.17) is 4.18 Å². The second kappa shape index (κ2) is 5.16. The molecule has 2 atom stereocenters. The lowest BCUT2D eigenvalue weighted by Gasteiger charge is -2.18. The van der Waals surface area contributed by atoms with E-state index in [2.05, 4.69) is 5.32 Å². The van der Waals surface area contributed by atoms with Crippen molar-refractivity contribution in [3.05, 3.63) is 35.9 Å². The molecule has 0 aliphatic carbocycles. The standard InChI is InChI=1S/C12H17NO3S/c1-2-16-17(14,15)12-9-13-8-11(12)10-6-4-3-5-7-10/h3-7,11-13H,2,8-9H2,1H3. The molecule has 17 heavy (non-hydrogen) atoms. The van der Waals surface area contributed by atoms with Gasteiger partial charge in [-0.05, 0) is 12.5 Å². The van der Waals surface area contributed by atoms with Crippen molar-refractivity contribution in [2.75, 3.05) is 19.7 Å². The van der Waals surface area contributed by atoms with Gasteiger partial charge in [-0.3, -0.25) is 4.18 Å². The normalized spacial score (nSPS) is 25.0. The Hall–Kier alpha value is -0.910. The maximum Gasteiger partial charge on any atom is 0.272 e. The van der Waals surface area contributed by atoms with Crippen LogP contribution in [0.2, 0.25) is 0 Å². The van der Waals surface area contributed by atoms with E-state index in [0.29, 0.717) is 13.1 Å². The van der Waals surface area contributed by atoms with E-state index < -0.39 is 15.4 Å². The van der Waals surface area contributed by atoms with Crippen molar-refractivity contribution < 1.29 is 12.6 Å². The molecule has 94 valence electrons. The van der Waals surface area contributed by atoms with Crippen LogP contribution in [0.4, 0.5) is 0 Å². The summed E-state index contributed by atoms with van der Waals surface area (Å²) in [5, 5.41) is 2.64. The third-order valence-corrected chi connectivity index (χ3v) is 4.84. The van der Waals surface area contributed by atoms with Gasteiger partial charge in [-0.2, -0.15) is 8.42 Å². The Morgan fingerprint density at radius 2 is 2.00 bits per heavy atom. The average Bonchev–Trinajstić information content (AvgIpc) is 2.79. The van der Waals surface area contributed by atoms with Gasteiger partial charge in [0.1, 0.15) is 5.25 Å². The molecule has 1 heterocycles. The van der Waals surface area contributed by atoms with Crippen LogP contribution in [0.3, 0.4) is 0 Å². The van der Waals surface area contributed by atoms with E-state index in [1.54, 1.807) is 6.92 Å². The van der Waals surface area contributed by atoms with Crippen LogP contribution in [0, 0.1) is 0 Å². The maximum atomic E-state index is 12.0. The first-order chi connectivity index (χ1) is 8.15. The SMILES string of the molecule is CCOS(=O)(=O)C1CNCC1c1ccccc1. The minimum Gasteiger partial charge on any atom is -0.315 e. The number of hydrogen-bond acceptors (Lipinski definition) is 4. The van der Waals surface area contributed by atoms with Crippen LogP contribution >= 0.6 is 0 Å². The highest BCUT2D eigenvalue weighted by molar-refractivity contribution is 7.87. The third kappa shape index (κ3) is 2.68. The van der Waals surface area contributed by atoms with E-state index in [0.717, 1.165) is 5.56 Å². The van der Waals surface area contributed by atoms with E-state index in [1.165, 1.54) is 0 Å². The molecule has 1 N–H and O–H groups in total. The average molecular weight is 255 g/mol. The first kappa shape index (κ1) is 12.5. The predicted octanol–water partition coefficient (Wildman–Crippen LogP) is 1.11. The van der Waals surface area contributed by atoms with E-state index in [1.807, 2.05) is 30.3 Å². The summed E-state index contributed by atoms with van der Waals surface area (Å²) in [5.41, 5.74) is 1.05. The molecule has 5 heteroatoms. The molecular weight excluding hydrogens is 238 g/mol. The highest BCUT2D eigenvalue weighted by Gasteiger charge is 2.38. The summed E-state index contributed by atoms with van der Waals surface area (Å²) in [6, 6.07) is 9.71. The molecule has 1 aromatic rings. The number of rotatable bonds is 4. The molecule has 0 bridgehead atoms. The fourth-order valence-electron chi connectivity index (χ4n) is 2.24. The third-order valence-electron chi connectivity index (χ3n) is 3.04.